The summed E-state index contributed by atoms with van der Waals surface area (Å²) in [6.45, 7) is 8.92. The van der Waals surface area contributed by atoms with Gasteiger partial charge in [0.05, 0.1) is 17.4 Å². The van der Waals surface area contributed by atoms with Gasteiger partial charge in [0.2, 0.25) is 0 Å². The summed E-state index contributed by atoms with van der Waals surface area (Å²) in [5, 5.41) is 2.03. The Balaban J connectivity index is 1.98. The minimum atomic E-state index is -0.206. The summed E-state index contributed by atoms with van der Waals surface area (Å²) in [6, 6.07) is 10.5. The van der Waals surface area contributed by atoms with E-state index in [1.54, 1.807) is 11.3 Å². The van der Waals surface area contributed by atoms with Crippen molar-refractivity contribution in [2.75, 3.05) is 0 Å². The third kappa shape index (κ3) is 2.05. The largest absolute Gasteiger partial charge is 0.275 e. The van der Waals surface area contributed by atoms with E-state index in [2.05, 4.69) is 56.9 Å². The first-order valence-corrected chi connectivity index (χ1v) is 8.68. The van der Waals surface area contributed by atoms with Crippen LogP contribution in [0, 0.1) is 0 Å². The fraction of sp³-hybridized carbons (Fsp3) is 0.316. The highest BCUT2D eigenvalue weighted by Gasteiger charge is 2.43. The van der Waals surface area contributed by atoms with Gasteiger partial charge in [-0.25, -0.2) is 9.97 Å². The van der Waals surface area contributed by atoms with Gasteiger partial charge < -0.3 is 0 Å². The van der Waals surface area contributed by atoms with E-state index in [0.717, 1.165) is 21.8 Å². The van der Waals surface area contributed by atoms with Gasteiger partial charge in [0.15, 0.2) is 0 Å². The van der Waals surface area contributed by atoms with Gasteiger partial charge in [-0.1, -0.05) is 38.1 Å². The van der Waals surface area contributed by atoms with Crippen LogP contribution in [0.2, 0.25) is 0 Å². The average molecular weight is 321 g/mol. The van der Waals surface area contributed by atoms with Crippen molar-refractivity contribution in [1.82, 2.24) is 9.97 Å². The van der Waals surface area contributed by atoms with Gasteiger partial charge in [0.25, 0.3) is 0 Å². The van der Waals surface area contributed by atoms with Crippen LogP contribution in [0.4, 0.5) is 0 Å². The molecule has 3 nitrogen and oxygen atoms in total. The molecule has 0 fully saturated rings. The van der Waals surface area contributed by atoms with Gasteiger partial charge in [-0.05, 0) is 30.9 Å². The Bertz CT molecular complexity index is 934. The Morgan fingerprint density at radius 1 is 1.00 bits per heavy atom. The predicted molar refractivity (Wildman–Crippen MR) is 96.6 cm³/mol. The predicted octanol–water partition coefficient (Wildman–Crippen LogP) is 4.60. The van der Waals surface area contributed by atoms with E-state index in [0.29, 0.717) is 0 Å². The minimum absolute atomic E-state index is 0.0347. The number of rotatable bonds is 1. The number of nitrogens with zero attached hydrogens (tertiary/aromatic N) is 3. The molecule has 116 valence electrons. The first-order valence-electron chi connectivity index (χ1n) is 7.80. The van der Waals surface area contributed by atoms with E-state index in [4.69, 9.17) is 9.98 Å². The monoisotopic (exact) mass is 321 g/mol. The molecule has 1 aliphatic heterocycles. The molecule has 0 aliphatic carbocycles. The van der Waals surface area contributed by atoms with Crippen molar-refractivity contribution in [3.63, 3.8) is 0 Å². The fourth-order valence-electron chi connectivity index (χ4n) is 3.11. The van der Waals surface area contributed by atoms with E-state index >= 15 is 0 Å². The van der Waals surface area contributed by atoms with Crippen molar-refractivity contribution in [3.05, 3.63) is 58.7 Å². The molecule has 0 saturated carbocycles. The molecule has 0 atom stereocenters. The Morgan fingerprint density at radius 3 is 2.61 bits per heavy atom. The normalized spacial score (nSPS) is 18.5. The van der Waals surface area contributed by atoms with Crippen LogP contribution in [0.5, 0.6) is 0 Å². The summed E-state index contributed by atoms with van der Waals surface area (Å²) < 4.78 is 0. The van der Waals surface area contributed by atoms with Crippen LogP contribution >= 0.6 is 11.3 Å². The molecular formula is C19H19N3S. The second-order valence-corrected chi connectivity index (χ2v) is 7.95. The molecule has 0 spiro atoms. The van der Waals surface area contributed by atoms with Crippen molar-refractivity contribution in [2.24, 2.45) is 4.99 Å². The molecule has 4 rings (SSSR count). The zero-order chi connectivity index (χ0) is 16.2. The Morgan fingerprint density at radius 2 is 1.78 bits per heavy atom. The number of aliphatic imine (C=N–C) groups is 1. The molecule has 0 unspecified atom stereocenters. The topological polar surface area (TPSA) is 38.1 Å². The van der Waals surface area contributed by atoms with Crippen LogP contribution in [0.3, 0.4) is 0 Å². The summed E-state index contributed by atoms with van der Waals surface area (Å²) >= 11 is 1.61. The van der Waals surface area contributed by atoms with Gasteiger partial charge in [-0.15, -0.1) is 11.3 Å². The summed E-state index contributed by atoms with van der Waals surface area (Å²) in [5.74, 6) is 0. The van der Waals surface area contributed by atoms with Crippen LogP contribution in [-0.4, -0.2) is 21.2 Å². The van der Waals surface area contributed by atoms with Crippen LogP contribution in [0.15, 0.2) is 46.9 Å². The van der Waals surface area contributed by atoms with Crippen LogP contribution in [0.1, 0.15) is 44.5 Å². The molecule has 23 heavy (non-hydrogen) atoms. The Hall–Kier alpha value is -2.07. The maximum Gasteiger partial charge on any atom is 0.141 e. The molecule has 1 aromatic carbocycles. The zero-order valence-electron chi connectivity index (χ0n) is 13.8. The molecule has 0 radical (unpaired) electrons. The highest BCUT2D eigenvalue weighted by atomic mass is 32.1. The van der Waals surface area contributed by atoms with Crippen molar-refractivity contribution >= 4 is 27.4 Å². The molecular weight excluding hydrogens is 302 g/mol. The summed E-state index contributed by atoms with van der Waals surface area (Å²) in [4.78, 5) is 15.4. The smallest absolute Gasteiger partial charge is 0.141 e. The fourth-order valence-corrected chi connectivity index (χ4v) is 3.78. The molecule has 0 bridgehead atoms. The number of aromatic nitrogens is 2. The van der Waals surface area contributed by atoms with Crippen LogP contribution in [-0.2, 0) is 5.41 Å². The van der Waals surface area contributed by atoms with Gasteiger partial charge >= 0.3 is 0 Å². The standard InChI is InChI=1S/C19H19N3S/c1-18(2)13-8-6-5-7-12(13)16(22-19(18,3)4)15-11-20-17-14(21-15)9-10-23-17/h5-11H,1-4H3. The molecule has 3 aromatic rings. The number of thiophene rings is 1. The molecule has 2 aromatic heterocycles. The number of benzene rings is 1. The number of hydrogen-bond donors (Lipinski definition) is 0. The highest BCUT2D eigenvalue weighted by molar-refractivity contribution is 7.16. The van der Waals surface area contributed by atoms with Crippen LogP contribution in [0.25, 0.3) is 10.3 Å². The molecule has 0 N–H and O–H groups in total. The summed E-state index contributed by atoms with van der Waals surface area (Å²) in [7, 11) is 0. The van der Waals surface area contributed by atoms with E-state index < -0.39 is 0 Å². The molecule has 4 heteroatoms. The SMILES string of the molecule is CC1(C)N=C(c2cnc3sccc3n2)c2ccccc2C1(C)C. The van der Waals surface area contributed by atoms with Crippen molar-refractivity contribution < 1.29 is 0 Å². The maximum atomic E-state index is 5.09. The lowest BCUT2D eigenvalue weighted by Gasteiger charge is -2.44. The first-order chi connectivity index (χ1) is 10.9. The highest BCUT2D eigenvalue weighted by Crippen LogP contribution is 2.43. The summed E-state index contributed by atoms with van der Waals surface area (Å²) in [5.41, 5.74) is 4.99. The third-order valence-corrected chi connectivity index (χ3v) is 6.00. The quantitative estimate of drug-likeness (QED) is 0.657. The zero-order valence-corrected chi connectivity index (χ0v) is 14.6. The maximum absolute atomic E-state index is 5.09. The van der Waals surface area contributed by atoms with Crippen molar-refractivity contribution in [2.45, 2.75) is 38.6 Å². The third-order valence-electron chi connectivity index (χ3n) is 5.19. The van der Waals surface area contributed by atoms with Crippen molar-refractivity contribution in [1.29, 1.82) is 0 Å². The lowest BCUT2D eigenvalue weighted by atomic mass is 9.66. The average Bonchev–Trinajstić information content (AvgIpc) is 2.99. The van der Waals surface area contributed by atoms with E-state index in [1.807, 2.05) is 17.6 Å². The minimum Gasteiger partial charge on any atom is -0.275 e. The van der Waals surface area contributed by atoms with Gasteiger partial charge in [-0.2, -0.15) is 0 Å². The second-order valence-electron chi connectivity index (χ2n) is 7.06. The molecule has 1 aliphatic rings. The van der Waals surface area contributed by atoms with Gasteiger partial charge in [0, 0.05) is 11.0 Å². The van der Waals surface area contributed by atoms with E-state index in [-0.39, 0.29) is 11.0 Å². The van der Waals surface area contributed by atoms with Crippen molar-refractivity contribution in [3.8, 4) is 0 Å². The first kappa shape index (κ1) is 14.5. The van der Waals surface area contributed by atoms with Gasteiger partial charge in [-0.3, -0.25) is 4.99 Å². The molecule has 3 heterocycles. The molecule has 0 amide bonds. The van der Waals surface area contributed by atoms with Gasteiger partial charge in [0.1, 0.15) is 16.0 Å². The van der Waals surface area contributed by atoms with Crippen LogP contribution < -0.4 is 0 Å². The lowest BCUT2D eigenvalue weighted by Crippen LogP contribution is -2.46. The second kappa shape index (κ2) is 4.71. The Labute approximate surface area is 140 Å². The lowest BCUT2D eigenvalue weighted by molar-refractivity contribution is 0.303. The number of fused-ring (bicyclic) bond motifs is 2. The molecule has 0 saturated heterocycles. The van der Waals surface area contributed by atoms with E-state index in [9.17, 15) is 0 Å². The van der Waals surface area contributed by atoms with E-state index in [1.165, 1.54) is 11.1 Å². The summed E-state index contributed by atoms with van der Waals surface area (Å²) in [6.07, 6.45) is 1.85. The number of hydrogen-bond acceptors (Lipinski definition) is 4. The Kier molecular flexibility index (Phi) is 2.97.